The first-order valence-electron chi connectivity index (χ1n) is 9.59. The second-order valence-electron chi connectivity index (χ2n) is 6.94. The number of hydrogen-bond donors (Lipinski definition) is 1. The van der Waals surface area contributed by atoms with Crippen molar-refractivity contribution < 1.29 is 14.3 Å². The van der Waals surface area contributed by atoms with Gasteiger partial charge in [0.2, 0.25) is 6.10 Å². The van der Waals surface area contributed by atoms with E-state index in [9.17, 15) is 9.59 Å². The molecule has 4 rings (SSSR count). The van der Waals surface area contributed by atoms with Crippen molar-refractivity contribution in [3.05, 3.63) is 108 Å². The van der Waals surface area contributed by atoms with Crippen LogP contribution >= 0.6 is 0 Å². The van der Waals surface area contributed by atoms with Crippen molar-refractivity contribution in [3.63, 3.8) is 0 Å². The average molecular weight is 396 g/mol. The van der Waals surface area contributed by atoms with Crippen molar-refractivity contribution in [2.24, 2.45) is 0 Å². The van der Waals surface area contributed by atoms with Gasteiger partial charge >= 0.3 is 5.97 Å². The van der Waals surface area contributed by atoms with Gasteiger partial charge in [0.25, 0.3) is 5.91 Å². The molecule has 0 bridgehead atoms. The van der Waals surface area contributed by atoms with Gasteiger partial charge in [-0.05, 0) is 31.2 Å². The summed E-state index contributed by atoms with van der Waals surface area (Å²) in [7, 11) is 0. The van der Waals surface area contributed by atoms with Crippen LogP contribution in [0.25, 0.3) is 10.9 Å². The maximum absolute atomic E-state index is 13.0. The molecular formula is C25H20N2O3. The lowest BCUT2D eigenvalue weighted by Crippen LogP contribution is -2.26. The van der Waals surface area contributed by atoms with Crippen LogP contribution in [0.3, 0.4) is 0 Å². The number of rotatable bonds is 5. The van der Waals surface area contributed by atoms with E-state index in [4.69, 9.17) is 4.74 Å². The van der Waals surface area contributed by atoms with Crippen LogP contribution in [-0.2, 0) is 9.53 Å². The molecule has 0 spiro atoms. The van der Waals surface area contributed by atoms with Gasteiger partial charge in [-0.25, -0.2) is 9.78 Å². The Balaban J connectivity index is 1.59. The molecule has 5 nitrogen and oxygen atoms in total. The molecule has 0 aliphatic carbocycles. The van der Waals surface area contributed by atoms with E-state index < -0.39 is 18.0 Å². The van der Waals surface area contributed by atoms with E-state index in [1.807, 2.05) is 67.6 Å². The number of fused-ring (bicyclic) bond motifs is 1. The van der Waals surface area contributed by atoms with E-state index in [0.717, 1.165) is 10.9 Å². The third kappa shape index (κ3) is 4.36. The first kappa shape index (κ1) is 19.3. The molecule has 0 saturated carbocycles. The Hall–Kier alpha value is -3.99. The van der Waals surface area contributed by atoms with Gasteiger partial charge in [-0.15, -0.1) is 0 Å². The number of para-hydroxylation sites is 1. The molecule has 0 aliphatic heterocycles. The molecule has 3 aromatic carbocycles. The van der Waals surface area contributed by atoms with Crippen LogP contribution in [-0.4, -0.2) is 16.9 Å². The van der Waals surface area contributed by atoms with Crippen molar-refractivity contribution >= 4 is 28.5 Å². The van der Waals surface area contributed by atoms with Gasteiger partial charge in [0, 0.05) is 16.6 Å². The largest absolute Gasteiger partial charge is 0.443 e. The van der Waals surface area contributed by atoms with E-state index in [2.05, 4.69) is 10.3 Å². The van der Waals surface area contributed by atoms with Crippen LogP contribution in [0, 0.1) is 6.92 Å². The van der Waals surface area contributed by atoms with E-state index in [1.165, 1.54) is 0 Å². The Morgan fingerprint density at radius 2 is 1.53 bits per heavy atom. The fourth-order valence-corrected chi connectivity index (χ4v) is 3.09. The lowest BCUT2D eigenvalue weighted by molar-refractivity contribution is -0.125. The highest BCUT2D eigenvalue weighted by molar-refractivity contribution is 5.98. The number of nitrogens with one attached hydrogen (secondary N) is 1. The Bertz CT molecular complexity index is 1190. The molecule has 30 heavy (non-hydrogen) atoms. The number of carbonyl (C=O) groups is 2. The molecule has 1 heterocycles. The zero-order valence-corrected chi connectivity index (χ0v) is 16.4. The number of benzene rings is 3. The van der Waals surface area contributed by atoms with Crippen LogP contribution in [0.4, 0.5) is 5.69 Å². The second kappa shape index (κ2) is 8.57. The van der Waals surface area contributed by atoms with Gasteiger partial charge in [-0.2, -0.15) is 0 Å². The number of amides is 1. The zero-order valence-electron chi connectivity index (χ0n) is 16.4. The minimum Gasteiger partial charge on any atom is -0.443 e. The third-order valence-electron chi connectivity index (χ3n) is 4.69. The Kier molecular flexibility index (Phi) is 5.52. The maximum Gasteiger partial charge on any atom is 0.358 e. The zero-order chi connectivity index (χ0) is 20.9. The highest BCUT2D eigenvalue weighted by Gasteiger charge is 2.26. The molecular weight excluding hydrogens is 376 g/mol. The average Bonchev–Trinajstić information content (AvgIpc) is 2.79. The van der Waals surface area contributed by atoms with Crippen LogP contribution in [0.1, 0.15) is 27.7 Å². The number of carbonyl (C=O) groups excluding carboxylic acids is 2. The molecule has 1 N–H and O–H groups in total. The fraction of sp³-hybridized carbons (Fsp3) is 0.0800. The number of aryl methyl sites for hydroxylation is 1. The summed E-state index contributed by atoms with van der Waals surface area (Å²) >= 11 is 0. The second-order valence-corrected chi connectivity index (χ2v) is 6.94. The first-order chi connectivity index (χ1) is 14.6. The van der Waals surface area contributed by atoms with Gasteiger partial charge in [0.15, 0.2) is 0 Å². The van der Waals surface area contributed by atoms with Crippen LogP contribution < -0.4 is 5.32 Å². The predicted octanol–water partition coefficient (Wildman–Crippen LogP) is 5.08. The van der Waals surface area contributed by atoms with Crippen molar-refractivity contribution in [3.8, 4) is 0 Å². The number of pyridine rings is 1. The van der Waals surface area contributed by atoms with E-state index in [-0.39, 0.29) is 5.69 Å². The number of hydrogen-bond acceptors (Lipinski definition) is 4. The van der Waals surface area contributed by atoms with Crippen molar-refractivity contribution in [2.45, 2.75) is 13.0 Å². The molecule has 0 saturated heterocycles. The fourth-order valence-electron chi connectivity index (χ4n) is 3.09. The molecule has 5 heteroatoms. The van der Waals surface area contributed by atoms with Gasteiger partial charge < -0.3 is 10.1 Å². The number of anilines is 1. The summed E-state index contributed by atoms with van der Waals surface area (Å²) in [5.41, 5.74) is 3.13. The molecule has 4 aromatic rings. The molecule has 148 valence electrons. The lowest BCUT2D eigenvalue weighted by Gasteiger charge is -2.18. The standard InChI is InChI=1S/C25H20N2O3/c1-17-11-14-20(15-12-17)26-24(28)23(19-8-3-2-4-9-19)30-25(29)22-16-13-18-7-5-6-10-21(18)27-22/h2-16,23H,1H3,(H,26,28)/t23-/m0/s1. The molecule has 1 atom stereocenters. The topological polar surface area (TPSA) is 68.3 Å². The summed E-state index contributed by atoms with van der Waals surface area (Å²) in [5, 5.41) is 3.74. The Labute approximate surface area is 174 Å². The highest BCUT2D eigenvalue weighted by atomic mass is 16.5. The maximum atomic E-state index is 13.0. The smallest absolute Gasteiger partial charge is 0.358 e. The monoisotopic (exact) mass is 396 g/mol. The number of nitrogens with zero attached hydrogens (tertiary/aromatic N) is 1. The number of esters is 1. The predicted molar refractivity (Wildman–Crippen MR) is 116 cm³/mol. The first-order valence-corrected chi connectivity index (χ1v) is 9.59. The van der Waals surface area contributed by atoms with Crippen LogP contribution in [0.15, 0.2) is 91.0 Å². The van der Waals surface area contributed by atoms with Crippen LogP contribution in [0.5, 0.6) is 0 Å². The molecule has 0 fully saturated rings. The van der Waals surface area contributed by atoms with Gasteiger partial charge in [-0.3, -0.25) is 4.79 Å². The highest BCUT2D eigenvalue weighted by Crippen LogP contribution is 2.22. The minimum atomic E-state index is -1.10. The van der Waals surface area contributed by atoms with Crippen molar-refractivity contribution in [1.29, 1.82) is 0 Å². The lowest BCUT2D eigenvalue weighted by atomic mass is 10.1. The SMILES string of the molecule is Cc1ccc(NC(=O)[C@@H](OC(=O)c2ccc3ccccc3n2)c2ccccc2)cc1. The van der Waals surface area contributed by atoms with E-state index in [1.54, 1.807) is 30.3 Å². The summed E-state index contributed by atoms with van der Waals surface area (Å²) in [4.78, 5) is 30.1. The summed E-state index contributed by atoms with van der Waals surface area (Å²) in [6, 6.07) is 27.3. The van der Waals surface area contributed by atoms with E-state index >= 15 is 0 Å². The normalized spacial score (nSPS) is 11.6. The summed E-state index contributed by atoms with van der Waals surface area (Å²) in [6.45, 7) is 1.97. The van der Waals surface area contributed by atoms with Gasteiger partial charge in [0.05, 0.1) is 5.52 Å². The minimum absolute atomic E-state index is 0.151. The number of aromatic nitrogens is 1. The molecule has 1 aromatic heterocycles. The van der Waals surface area contributed by atoms with Crippen molar-refractivity contribution in [2.75, 3.05) is 5.32 Å². The molecule has 0 aliphatic rings. The molecule has 0 radical (unpaired) electrons. The molecule has 1 amide bonds. The summed E-state index contributed by atoms with van der Waals surface area (Å²) in [5.74, 6) is -1.09. The Morgan fingerprint density at radius 3 is 2.30 bits per heavy atom. The Morgan fingerprint density at radius 1 is 0.833 bits per heavy atom. The summed E-state index contributed by atoms with van der Waals surface area (Å²) in [6.07, 6.45) is -1.10. The quantitative estimate of drug-likeness (QED) is 0.478. The van der Waals surface area contributed by atoms with E-state index in [0.29, 0.717) is 16.8 Å². The van der Waals surface area contributed by atoms with Crippen LogP contribution in [0.2, 0.25) is 0 Å². The molecule has 0 unspecified atom stereocenters. The number of ether oxygens (including phenoxy) is 1. The summed E-state index contributed by atoms with van der Waals surface area (Å²) < 4.78 is 5.62. The van der Waals surface area contributed by atoms with Gasteiger partial charge in [0.1, 0.15) is 5.69 Å². The third-order valence-corrected chi connectivity index (χ3v) is 4.69. The van der Waals surface area contributed by atoms with Gasteiger partial charge in [-0.1, -0.05) is 72.3 Å². The van der Waals surface area contributed by atoms with Crippen molar-refractivity contribution in [1.82, 2.24) is 4.98 Å².